The molecule has 3 N–H and O–H groups in total. The molecule has 42 heavy (non-hydrogen) atoms. The van der Waals surface area contributed by atoms with Crippen molar-refractivity contribution in [2.24, 2.45) is 17.8 Å². The minimum atomic E-state index is -0.362. The number of carbonyl (C=O) groups is 3. The minimum Gasteiger partial charge on any atom is -0.462 e. The van der Waals surface area contributed by atoms with Gasteiger partial charge in [0.1, 0.15) is 18.3 Å². The zero-order valence-corrected chi connectivity index (χ0v) is 28.9. The SMILES string of the molecule is CCC(CC(O)CC(C)C)OC(C)=O.CCC(CC(O)CC(C)C)OC(C)=O.CCC(CC(O)CC(C)C)OC(C)=O. The zero-order chi connectivity index (χ0) is 33.4. The maximum Gasteiger partial charge on any atom is 0.302 e. The van der Waals surface area contributed by atoms with E-state index in [1.807, 2.05) is 20.8 Å². The molecular weight excluding hydrogens is 540 g/mol. The highest BCUT2D eigenvalue weighted by Crippen LogP contribution is 2.16. The van der Waals surface area contributed by atoms with E-state index in [2.05, 4.69) is 41.5 Å². The van der Waals surface area contributed by atoms with Crippen molar-refractivity contribution in [3.8, 4) is 0 Å². The molecule has 0 saturated heterocycles. The first-order valence-electron chi connectivity index (χ1n) is 15.9. The van der Waals surface area contributed by atoms with Crippen molar-refractivity contribution in [1.29, 1.82) is 0 Å². The van der Waals surface area contributed by atoms with Crippen LogP contribution in [0.5, 0.6) is 0 Å². The third-order valence-electron chi connectivity index (χ3n) is 6.20. The predicted octanol–water partition coefficient (Wildman–Crippen LogP) is 6.38. The van der Waals surface area contributed by atoms with Crippen molar-refractivity contribution >= 4 is 17.9 Å². The molecule has 0 aromatic rings. The molecule has 0 saturated carbocycles. The maximum atomic E-state index is 10.7. The highest BCUT2D eigenvalue weighted by atomic mass is 16.6. The summed E-state index contributed by atoms with van der Waals surface area (Å²) < 4.78 is 15.2. The summed E-state index contributed by atoms with van der Waals surface area (Å²) >= 11 is 0. The lowest BCUT2D eigenvalue weighted by molar-refractivity contribution is -0.149. The van der Waals surface area contributed by atoms with Crippen LogP contribution in [0, 0.1) is 17.8 Å². The Morgan fingerprint density at radius 2 is 0.643 bits per heavy atom. The molecule has 0 aromatic heterocycles. The van der Waals surface area contributed by atoms with Crippen LogP contribution in [0.15, 0.2) is 0 Å². The molecule has 0 bridgehead atoms. The average molecular weight is 607 g/mol. The number of hydrogen-bond acceptors (Lipinski definition) is 9. The van der Waals surface area contributed by atoms with E-state index in [-0.39, 0.29) is 54.5 Å². The zero-order valence-electron chi connectivity index (χ0n) is 28.9. The Morgan fingerprint density at radius 1 is 0.452 bits per heavy atom. The van der Waals surface area contributed by atoms with Gasteiger partial charge in [0.15, 0.2) is 0 Å². The Bertz CT molecular complexity index is 588. The second-order valence-electron chi connectivity index (χ2n) is 12.5. The lowest BCUT2D eigenvalue weighted by atomic mass is 10.0. The fourth-order valence-electron chi connectivity index (χ4n) is 4.43. The number of rotatable bonds is 18. The van der Waals surface area contributed by atoms with Crippen LogP contribution in [0.1, 0.15) is 141 Å². The molecule has 6 unspecified atom stereocenters. The Kier molecular flexibility index (Phi) is 28.6. The lowest BCUT2D eigenvalue weighted by Crippen LogP contribution is -2.23. The van der Waals surface area contributed by atoms with Gasteiger partial charge in [-0.1, -0.05) is 62.3 Å². The van der Waals surface area contributed by atoms with Gasteiger partial charge in [0, 0.05) is 40.0 Å². The monoisotopic (exact) mass is 606 g/mol. The van der Waals surface area contributed by atoms with E-state index in [4.69, 9.17) is 14.2 Å². The molecule has 0 rings (SSSR count). The first-order valence-corrected chi connectivity index (χ1v) is 15.9. The molecule has 0 fully saturated rings. The van der Waals surface area contributed by atoms with E-state index in [0.29, 0.717) is 37.0 Å². The Morgan fingerprint density at radius 3 is 0.762 bits per heavy atom. The Hall–Kier alpha value is -1.71. The van der Waals surface area contributed by atoms with Crippen LogP contribution in [0.3, 0.4) is 0 Å². The smallest absolute Gasteiger partial charge is 0.302 e. The Labute approximate surface area is 257 Å². The Balaban J connectivity index is -0.000000543. The van der Waals surface area contributed by atoms with Gasteiger partial charge in [0.25, 0.3) is 0 Å². The number of hydrogen-bond donors (Lipinski definition) is 3. The second-order valence-corrected chi connectivity index (χ2v) is 12.5. The van der Waals surface area contributed by atoms with Crippen LogP contribution < -0.4 is 0 Å². The molecule has 0 amide bonds. The van der Waals surface area contributed by atoms with Crippen molar-refractivity contribution in [2.45, 2.75) is 177 Å². The van der Waals surface area contributed by atoms with Gasteiger partial charge in [-0.25, -0.2) is 0 Å². The fourth-order valence-corrected chi connectivity index (χ4v) is 4.43. The van der Waals surface area contributed by atoms with Crippen molar-refractivity contribution in [1.82, 2.24) is 0 Å². The topological polar surface area (TPSA) is 140 Å². The summed E-state index contributed by atoms with van der Waals surface area (Å²) in [7, 11) is 0. The van der Waals surface area contributed by atoms with Gasteiger partial charge in [-0.15, -0.1) is 0 Å². The van der Waals surface area contributed by atoms with Crippen LogP contribution in [0.2, 0.25) is 0 Å². The molecule has 0 aliphatic rings. The van der Waals surface area contributed by atoms with E-state index < -0.39 is 0 Å². The quantitative estimate of drug-likeness (QED) is 0.120. The molecular formula is C33H66O9. The molecule has 0 aromatic carbocycles. The highest BCUT2D eigenvalue weighted by Gasteiger charge is 2.18. The summed E-state index contributed by atoms with van der Waals surface area (Å²) in [5.74, 6) is 0.607. The van der Waals surface area contributed by atoms with E-state index in [0.717, 1.165) is 38.5 Å². The molecule has 0 heterocycles. The number of esters is 3. The lowest BCUT2D eigenvalue weighted by Gasteiger charge is -2.19. The number of aliphatic hydroxyl groups excluding tert-OH is 3. The standard InChI is InChI=1S/3C11H22O3/c3*1-5-11(14-9(4)12)7-10(13)6-8(2)3/h3*8,10-11,13H,5-7H2,1-4H3. The normalized spacial score (nSPS) is 15.3. The van der Waals surface area contributed by atoms with E-state index in [1.54, 1.807) is 0 Å². The largest absolute Gasteiger partial charge is 0.462 e. The van der Waals surface area contributed by atoms with Gasteiger partial charge in [-0.3, -0.25) is 14.4 Å². The predicted molar refractivity (Wildman–Crippen MR) is 168 cm³/mol. The summed E-state index contributed by atoms with van der Waals surface area (Å²) in [5, 5.41) is 28.9. The molecule has 6 atom stereocenters. The molecule has 0 aliphatic carbocycles. The van der Waals surface area contributed by atoms with Crippen molar-refractivity contribution < 1.29 is 43.9 Å². The third-order valence-corrected chi connectivity index (χ3v) is 6.20. The van der Waals surface area contributed by atoms with E-state index in [1.165, 1.54) is 20.8 Å². The number of aliphatic hydroxyl groups is 3. The maximum absolute atomic E-state index is 10.7. The molecule has 0 aliphatic heterocycles. The minimum absolute atomic E-state index is 0.138. The summed E-state index contributed by atoms with van der Waals surface area (Å²) in [6.07, 6.45) is 4.71. The van der Waals surface area contributed by atoms with Crippen LogP contribution in [-0.4, -0.2) is 69.9 Å². The number of carbonyl (C=O) groups excluding carboxylic acids is 3. The van der Waals surface area contributed by atoms with Crippen LogP contribution in [0.25, 0.3) is 0 Å². The summed E-state index contributed by atoms with van der Waals surface area (Å²) in [6, 6.07) is 0. The highest BCUT2D eigenvalue weighted by molar-refractivity contribution is 5.66. The summed E-state index contributed by atoms with van der Waals surface area (Å²) in [5.41, 5.74) is 0. The van der Waals surface area contributed by atoms with Gasteiger partial charge in [0.2, 0.25) is 0 Å². The molecule has 9 nitrogen and oxygen atoms in total. The van der Waals surface area contributed by atoms with Gasteiger partial charge in [0.05, 0.1) is 18.3 Å². The molecule has 9 heteroatoms. The van der Waals surface area contributed by atoms with Crippen molar-refractivity contribution in [3.63, 3.8) is 0 Å². The summed E-state index contributed by atoms with van der Waals surface area (Å²) in [4.78, 5) is 32.1. The third kappa shape index (κ3) is 32.8. The van der Waals surface area contributed by atoms with E-state index >= 15 is 0 Å². The van der Waals surface area contributed by atoms with Crippen molar-refractivity contribution in [2.75, 3.05) is 0 Å². The van der Waals surface area contributed by atoms with Gasteiger partial charge in [-0.2, -0.15) is 0 Å². The first kappa shape index (κ1) is 44.7. The van der Waals surface area contributed by atoms with Gasteiger partial charge < -0.3 is 29.5 Å². The fraction of sp³-hybridized carbons (Fsp3) is 0.909. The average Bonchev–Trinajstić information content (AvgIpc) is 2.81. The second kappa shape index (κ2) is 26.9. The molecule has 0 spiro atoms. The first-order chi connectivity index (χ1) is 19.4. The summed E-state index contributed by atoms with van der Waals surface area (Å²) in [6.45, 7) is 22.5. The van der Waals surface area contributed by atoms with Gasteiger partial charge >= 0.3 is 17.9 Å². The van der Waals surface area contributed by atoms with Crippen molar-refractivity contribution in [3.05, 3.63) is 0 Å². The van der Waals surface area contributed by atoms with Crippen LogP contribution in [0.4, 0.5) is 0 Å². The molecule has 0 radical (unpaired) electrons. The van der Waals surface area contributed by atoms with Gasteiger partial charge in [-0.05, 0) is 56.3 Å². The number of ether oxygens (including phenoxy) is 3. The molecule has 252 valence electrons. The van der Waals surface area contributed by atoms with Crippen LogP contribution in [-0.2, 0) is 28.6 Å². The van der Waals surface area contributed by atoms with E-state index in [9.17, 15) is 29.7 Å². The van der Waals surface area contributed by atoms with Crippen LogP contribution >= 0.6 is 0 Å².